The highest BCUT2D eigenvalue weighted by Crippen LogP contribution is 2.37. The van der Waals surface area contributed by atoms with E-state index in [4.69, 9.17) is 17.2 Å². The van der Waals surface area contributed by atoms with E-state index in [2.05, 4.69) is 91.7 Å². The molecule has 0 bridgehead atoms. The van der Waals surface area contributed by atoms with Crippen molar-refractivity contribution in [3.05, 3.63) is 179 Å². The van der Waals surface area contributed by atoms with E-state index in [0.717, 1.165) is 0 Å². The van der Waals surface area contributed by atoms with Gasteiger partial charge in [-0.25, -0.2) is 44.3 Å². The van der Waals surface area contributed by atoms with Crippen LogP contribution in [-0.2, 0) is 34.0 Å². The summed E-state index contributed by atoms with van der Waals surface area (Å²) in [5.74, 6) is -14.3. The molecule has 0 saturated carbocycles. The van der Waals surface area contributed by atoms with Crippen LogP contribution in [0.3, 0.4) is 0 Å². The van der Waals surface area contributed by atoms with Gasteiger partial charge in [0.15, 0.2) is 62.3 Å². The summed E-state index contributed by atoms with van der Waals surface area (Å²) in [4.78, 5) is 203. The number of anilines is 6. The van der Waals surface area contributed by atoms with Crippen molar-refractivity contribution in [3.8, 4) is 11.5 Å². The van der Waals surface area contributed by atoms with Crippen molar-refractivity contribution in [2.75, 3.05) is 33.2 Å². The van der Waals surface area contributed by atoms with Crippen LogP contribution in [0.5, 0.6) is 11.5 Å². The number of rotatable bonds is 30. The van der Waals surface area contributed by atoms with Gasteiger partial charge in [0.1, 0.15) is 18.1 Å². The van der Waals surface area contributed by atoms with Gasteiger partial charge in [-0.15, -0.1) is 0 Å². The van der Waals surface area contributed by atoms with Crippen LogP contribution in [0.4, 0.5) is 34.9 Å². The van der Waals surface area contributed by atoms with Crippen LogP contribution in [0.25, 0.3) is 33.5 Å². The number of aromatic amines is 3. The molecule has 0 saturated heterocycles. The number of aliphatic carboxylic acids is 3. The summed E-state index contributed by atoms with van der Waals surface area (Å²) in [5.41, 5.74) is 14.2. The fraction of sp³-hybridized carbons (Fsp3) is 0.190. The van der Waals surface area contributed by atoms with Gasteiger partial charge in [0.2, 0.25) is 17.8 Å². The molecule has 4 aromatic carbocycles. The zero-order chi connectivity index (χ0) is 72.3. The van der Waals surface area contributed by atoms with Crippen LogP contribution in [0.1, 0.15) is 118 Å². The van der Waals surface area contributed by atoms with Crippen molar-refractivity contribution in [3.63, 3.8) is 0 Å². The molecule has 0 aliphatic rings. The number of hydrogen-bond acceptors (Lipinski definition) is 29. The highest BCUT2D eigenvalue weighted by molar-refractivity contribution is 6.18. The molecule has 38 nitrogen and oxygen atoms in total. The molecule has 0 spiro atoms. The minimum Gasteiger partial charge on any atom is -0.504 e. The van der Waals surface area contributed by atoms with Crippen LogP contribution >= 0.6 is 0 Å². The highest BCUT2D eigenvalue weighted by atomic mass is 16.4. The number of phenolic OH excluding ortho intramolecular Hbond substituents is 2. The molecule has 6 heterocycles. The lowest BCUT2D eigenvalue weighted by atomic mass is 9.86. The molecule has 0 aliphatic carbocycles. The molecule has 101 heavy (non-hydrogen) atoms. The maximum absolute atomic E-state index is 14.6. The third-order valence-corrected chi connectivity index (χ3v) is 15.2. The first-order valence-electron chi connectivity index (χ1n) is 30.1. The van der Waals surface area contributed by atoms with E-state index in [1.807, 2.05) is 0 Å². The third kappa shape index (κ3) is 16.9. The lowest BCUT2D eigenvalue weighted by Gasteiger charge is -2.19. The van der Waals surface area contributed by atoms with Gasteiger partial charge in [0.25, 0.3) is 34.4 Å². The number of nitrogens with zero attached hydrogens (tertiary/aromatic N) is 9. The van der Waals surface area contributed by atoms with E-state index >= 15 is 0 Å². The average Bonchev–Trinajstić information content (AvgIpc) is 0.777. The number of aromatic nitrogens is 12. The molecule has 10 aromatic rings. The number of carbonyl (C=O) groups excluding carboxylic acids is 6. The van der Waals surface area contributed by atoms with Gasteiger partial charge >= 0.3 is 17.9 Å². The van der Waals surface area contributed by atoms with Gasteiger partial charge in [-0.1, -0.05) is 0 Å². The Balaban J connectivity index is 0.827. The standard InChI is InChI=1S/C63H57N21O17/c64-61-79-49-45(55(93)82-61)73-32(23-70-49)20-67-29-7-1-26(2-8-29)52(90)76-36(58(96)97)13-16-39(85)35-19-42(88)48(89)44(41(87)18-15-38(60(100)101)78-54(92)28-5-11-31(12-6-28)69-22-34-25-72-51-47(75-34)57(95)84-63(66)81-51)43(35)40(86)17-14-37(59(98)99)77-53(91)27-3-9-30(10-4-27)68-21-33-24-71-50-46(74-33)56(94)83-62(65)80-50/h1-12,19,23-25,36-38,67-69,88-89H,13-18,20-22H2,(H,76,90)(H,77,91)(H,78,92)(H,96,97)(H,98,99)(H,100,101)(H3,64,70,79,82,93)(H3,65,71,80,83,94)(H3,66,72,81,84,95)/t36-,37-,38-/m0/s1. The molecule has 3 amide bonds. The summed E-state index contributed by atoms with van der Waals surface area (Å²) in [5, 5.41) is 69.3. The zero-order valence-electron chi connectivity index (χ0n) is 52.2. The number of carboxylic acids is 3. The third-order valence-electron chi connectivity index (χ3n) is 15.2. The molecule has 3 atom stereocenters. The minimum absolute atomic E-state index is 0.0219. The molecule has 516 valence electrons. The van der Waals surface area contributed by atoms with Crippen LogP contribution in [0.2, 0.25) is 0 Å². The molecule has 38 heteroatoms. The Morgan fingerprint density at radius 1 is 0.416 bits per heavy atom. The van der Waals surface area contributed by atoms with Gasteiger partial charge in [-0.05, 0) is 98.1 Å². The lowest BCUT2D eigenvalue weighted by Crippen LogP contribution is -2.41. The molecular formula is C63H57N21O17. The van der Waals surface area contributed by atoms with Crippen LogP contribution in [-0.4, -0.2) is 156 Å². The van der Waals surface area contributed by atoms with E-state index in [-0.39, 0.29) is 87.7 Å². The number of nitrogens with two attached hydrogens (primary N) is 3. The Morgan fingerprint density at radius 3 is 1.02 bits per heavy atom. The minimum atomic E-state index is -1.86. The van der Waals surface area contributed by atoms with E-state index in [1.165, 1.54) is 91.4 Å². The fourth-order valence-corrected chi connectivity index (χ4v) is 10.1. The monoisotopic (exact) mass is 1380 g/mol. The number of Topliss-reactive ketones (excluding diaryl/α,β-unsaturated/α-hetero) is 3. The first-order valence-corrected chi connectivity index (χ1v) is 30.1. The molecular weight excluding hydrogens is 1320 g/mol. The van der Waals surface area contributed by atoms with E-state index < -0.39 is 154 Å². The highest BCUT2D eigenvalue weighted by Gasteiger charge is 2.34. The van der Waals surface area contributed by atoms with Crippen molar-refractivity contribution < 1.29 is 68.7 Å². The number of carbonyl (C=O) groups is 9. The number of ketones is 3. The second-order valence-corrected chi connectivity index (χ2v) is 22.3. The maximum atomic E-state index is 14.6. The quantitative estimate of drug-likeness (QED) is 0.0223. The van der Waals surface area contributed by atoms with Crippen molar-refractivity contribution >= 4 is 121 Å². The number of carboxylic acid groups (broad SMARTS) is 3. The number of aromatic hydroxyl groups is 2. The predicted molar refractivity (Wildman–Crippen MR) is 356 cm³/mol. The predicted octanol–water partition coefficient (Wildman–Crippen LogP) is 1.30. The van der Waals surface area contributed by atoms with Gasteiger partial charge in [0.05, 0.1) is 60.9 Å². The fourth-order valence-electron chi connectivity index (χ4n) is 10.1. The van der Waals surface area contributed by atoms with E-state index in [9.17, 15) is 83.1 Å². The summed E-state index contributed by atoms with van der Waals surface area (Å²) in [6, 6.07) is 11.9. The second kappa shape index (κ2) is 30.2. The Kier molecular flexibility index (Phi) is 20.8. The second-order valence-electron chi connectivity index (χ2n) is 22.3. The first-order chi connectivity index (χ1) is 48.2. The molecule has 0 unspecified atom stereocenters. The lowest BCUT2D eigenvalue weighted by molar-refractivity contribution is -0.140. The van der Waals surface area contributed by atoms with Crippen LogP contribution in [0, 0.1) is 0 Å². The van der Waals surface area contributed by atoms with Gasteiger partial charge in [-0.2, -0.15) is 15.0 Å². The number of fused-ring (bicyclic) bond motifs is 3. The van der Waals surface area contributed by atoms with Crippen molar-refractivity contribution in [1.29, 1.82) is 0 Å². The summed E-state index contributed by atoms with van der Waals surface area (Å²) < 4.78 is 0. The van der Waals surface area contributed by atoms with Crippen molar-refractivity contribution in [1.82, 2.24) is 75.8 Å². The molecule has 20 N–H and O–H groups in total. The molecule has 0 aliphatic heterocycles. The summed E-state index contributed by atoms with van der Waals surface area (Å²) in [6.07, 6.45) is -0.797. The SMILES string of the molecule is Nc1nc2ncc(CNc3ccc(C(=O)N[C@@H](CCC(=O)c4cc(O)c(O)c(C(=O)CC[C@H](NC(=O)c5ccc(NCc6cnc7nc(N)[nH]c(=O)c7n6)cc5)C(=O)O)c4C(=O)CC[C@H](NC(=O)c4ccc(NCc5cnc6nc(N)[nH]c(=O)c6n5)cc4)C(=O)O)C(=O)O)cc3)nc2c(=O)[nH]1. The Bertz CT molecular complexity index is 5170. The topological polar surface area (TPSA) is 620 Å². The number of nitrogens with one attached hydrogen (secondary N) is 9. The number of amides is 3. The van der Waals surface area contributed by atoms with Gasteiger partial charge < -0.3 is 74.6 Å². The van der Waals surface area contributed by atoms with Gasteiger partial charge in [0, 0.05) is 64.1 Å². The number of hydrogen-bond donors (Lipinski definition) is 17. The first kappa shape index (κ1) is 69.6. The smallest absolute Gasteiger partial charge is 0.326 e. The van der Waals surface area contributed by atoms with Crippen molar-refractivity contribution in [2.24, 2.45) is 0 Å². The van der Waals surface area contributed by atoms with Crippen molar-refractivity contribution in [2.45, 2.75) is 76.3 Å². The largest absolute Gasteiger partial charge is 0.504 e. The molecule has 10 rings (SSSR count). The Morgan fingerprint density at radius 2 is 0.713 bits per heavy atom. The average molecular weight is 1380 g/mol. The molecule has 6 aromatic heterocycles. The van der Waals surface area contributed by atoms with E-state index in [1.54, 1.807) is 0 Å². The van der Waals surface area contributed by atoms with Gasteiger partial charge in [-0.3, -0.25) is 58.1 Å². The Labute approximate surface area is 563 Å². The van der Waals surface area contributed by atoms with Crippen LogP contribution < -0.4 is 65.8 Å². The number of nitrogen functional groups attached to an aromatic ring is 3. The number of benzene rings is 4. The van der Waals surface area contributed by atoms with Crippen LogP contribution in [0.15, 0.2) is 112 Å². The summed E-state index contributed by atoms with van der Waals surface area (Å²) in [6.45, 7) is 0.155. The summed E-state index contributed by atoms with van der Waals surface area (Å²) in [7, 11) is 0. The zero-order valence-corrected chi connectivity index (χ0v) is 52.2. The Hall–Kier alpha value is -14.2. The van der Waals surface area contributed by atoms with E-state index in [0.29, 0.717) is 40.2 Å². The summed E-state index contributed by atoms with van der Waals surface area (Å²) >= 11 is 0. The number of H-pyrrole nitrogens is 3. The molecule has 0 fully saturated rings. The molecule has 0 radical (unpaired) electrons. The normalized spacial score (nSPS) is 12.0. The maximum Gasteiger partial charge on any atom is 0.326 e. The number of phenols is 2.